The maximum absolute atomic E-state index is 12.8. The minimum atomic E-state index is -0.685. The number of rotatable bonds is 14. The largest absolute Gasteiger partial charge is 0.248 e. The molecule has 158 valence electrons. The number of hydrogen-bond donors (Lipinski definition) is 0. The maximum Gasteiger partial charge on any atom is 0.159 e. The van der Waals surface area contributed by atoms with Gasteiger partial charge in [-0.2, -0.15) is 0 Å². The first-order valence-electron chi connectivity index (χ1n) is 11.4. The van der Waals surface area contributed by atoms with Crippen molar-refractivity contribution in [3.8, 4) is 11.4 Å². The predicted octanol–water partition coefficient (Wildman–Crippen LogP) is 7.98. The van der Waals surface area contributed by atoms with Crippen molar-refractivity contribution < 1.29 is 4.39 Å². The van der Waals surface area contributed by atoms with Gasteiger partial charge in [-0.15, -0.1) is 0 Å². The van der Waals surface area contributed by atoms with Crippen molar-refractivity contribution in [2.75, 3.05) is 0 Å². The molecule has 0 bridgehead atoms. The maximum atomic E-state index is 12.8. The highest BCUT2D eigenvalue weighted by Gasteiger charge is 2.03. The van der Waals surface area contributed by atoms with Gasteiger partial charge >= 0.3 is 0 Å². The van der Waals surface area contributed by atoms with Gasteiger partial charge in [0, 0.05) is 18.0 Å². The number of benzene rings is 1. The monoisotopic (exact) mass is 396 g/mol. The van der Waals surface area contributed by atoms with Gasteiger partial charge < -0.3 is 0 Å². The summed E-state index contributed by atoms with van der Waals surface area (Å²) >= 11 is 0. The Hall–Kier alpha value is -2.03. The fraction of sp³-hybridized carbons (Fsp3) is 0.538. The van der Waals surface area contributed by atoms with Crippen LogP contribution in [0.4, 0.5) is 4.39 Å². The quantitative estimate of drug-likeness (QED) is 0.302. The molecule has 0 fully saturated rings. The van der Waals surface area contributed by atoms with E-state index in [1.165, 1.54) is 37.7 Å². The summed E-state index contributed by atoms with van der Waals surface area (Å²) in [6.45, 7) is 3.88. The lowest BCUT2D eigenvalue weighted by atomic mass is 10.1. The summed E-state index contributed by atoms with van der Waals surface area (Å²) in [5.41, 5.74) is 3.42. The highest BCUT2D eigenvalue weighted by molar-refractivity contribution is 5.59. The zero-order chi connectivity index (χ0) is 20.7. The third-order valence-electron chi connectivity index (χ3n) is 5.23. The van der Waals surface area contributed by atoms with Gasteiger partial charge in [0.1, 0.15) is 0 Å². The van der Waals surface area contributed by atoms with Gasteiger partial charge in [-0.3, -0.25) is 0 Å². The van der Waals surface area contributed by atoms with E-state index in [0.29, 0.717) is 6.42 Å². The molecule has 3 heteroatoms. The molecular formula is C26H37FN2. The number of alkyl halides is 1. The van der Waals surface area contributed by atoms with Gasteiger partial charge in [-0.1, -0.05) is 81.9 Å². The van der Waals surface area contributed by atoms with Crippen LogP contribution in [-0.4, -0.2) is 16.1 Å². The van der Waals surface area contributed by atoms with Crippen molar-refractivity contribution >= 4 is 6.08 Å². The van der Waals surface area contributed by atoms with Crippen molar-refractivity contribution in [2.24, 2.45) is 0 Å². The highest BCUT2D eigenvalue weighted by atomic mass is 19.1. The van der Waals surface area contributed by atoms with E-state index in [1.54, 1.807) is 6.92 Å². The average molecular weight is 397 g/mol. The van der Waals surface area contributed by atoms with E-state index in [-0.39, 0.29) is 0 Å². The molecule has 2 aromatic rings. The number of halogens is 1. The number of nitrogens with zero attached hydrogens (tertiary/aromatic N) is 2. The van der Waals surface area contributed by atoms with Crippen molar-refractivity contribution in [1.82, 2.24) is 9.97 Å². The van der Waals surface area contributed by atoms with Crippen LogP contribution in [0.25, 0.3) is 17.5 Å². The van der Waals surface area contributed by atoms with E-state index >= 15 is 0 Å². The average Bonchev–Trinajstić information content (AvgIpc) is 2.74. The number of aromatic nitrogens is 2. The minimum absolute atomic E-state index is 0.666. The molecule has 0 radical (unpaired) electrons. The lowest BCUT2D eigenvalue weighted by Gasteiger charge is -2.04. The summed E-state index contributed by atoms with van der Waals surface area (Å²) in [5.74, 6) is 0.770. The second kappa shape index (κ2) is 14.0. The molecule has 0 aliphatic rings. The van der Waals surface area contributed by atoms with E-state index in [2.05, 4.69) is 53.3 Å². The smallest absolute Gasteiger partial charge is 0.159 e. The standard InChI is InChI=1S/C26H37FN2/c1-3-4-5-6-7-8-11-14-23-16-18-25(19-17-23)26-28-20-24(21-29-26)15-12-9-10-13-22(2)27/h11,14,16-22H,3-10,12-13,15H2,1-2H3/b14-11+. The minimum Gasteiger partial charge on any atom is -0.248 e. The fourth-order valence-electron chi connectivity index (χ4n) is 3.39. The van der Waals surface area contributed by atoms with Crippen molar-refractivity contribution in [2.45, 2.75) is 90.6 Å². The third kappa shape index (κ3) is 9.83. The molecule has 0 amide bonds. The Balaban J connectivity index is 1.74. The first-order chi connectivity index (χ1) is 14.2. The van der Waals surface area contributed by atoms with Crippen molar-refractivity contribution in [1.29, 1.82) is 0 Å². The molecule has 1 atom stereocenters. The van der Waals surface area contributed by atoms with Gasteiger partial charge in [0.2, 0.25) is 0 Å². The lowest BCUT2D eigenvalue weighted by Crippen LogP contribution is -1.95. The van der Waals surface area contributed by atoms with E-state index in [4.69, 9.17) is 0 Å². The Bertz CT molecular complexity index is 690. The van der Waals surface area contributed by atoms with E-state index < -0.39 is 6.17 Å². The molecule has 0 N–H and O–H groups in total. The van der Waals surface area contributed by atoms with E-state index in [1.807, 2.05) is 12.4 Å². The van der Waals surface area contributed by atoms with Crippen LogP contribution >= 0.6 is 0 Å². The zero-order valence-corrected chi connectivity index (χ0v) is 18.2. The molecule has 29 heavy (non-hydrogen) atoms. The number of unbranched alkanes of at least 4 members (excludes halogenated alkanes) is 7. The Morgan fingerprint density at radius 1 is 0.897 bits per heavy atom. The zero-order valence-electron chi connectivity index (χ0n) is 18.2. The van der Waals surface area contributed by atoms with Crippen LogP contribution in [0.15, 0.2) is 42.7 Å². The van der Waals surface area contributed by atoms with Crippen LogP contribution < -0.4 is 0 Å². The molecule has 0 aliphatic carbocycles. The van der Waals surface area contributed by atoms with Crippen LogP contribution in [0.5, 0.6) is 0 Å². The topological polar surface area (TPSA) is 25.8 Å². The second-order valence-electron chi connectivity index (χ2n) is 8.02. The summed E-state index contributed by atoms with van der Waals surface area (Å²) < 4.78 is 12.8. The van der Waals surface area contributed by atoms with Crippen LogP contribution in [0.2, 0.25) is 0 Å². The molecule has 0 saturated heterocycles. The Kier molecular flexibility index (Phi) is 11.3. The number of aryl methyl sites for hydroxylation is 1. The molecule has 2 nitrogen and oxygen atoms in total. The van der Waals surface area contributed by atoms with Crippen LogP contribution in [0, 0.1) is 0 Å². The van der Waals surface area contributed by atoms with Gasteiger partial charge in [0.15, 0.2) is 5.82 Å². The van der Waals surface area contributed by atoms with Crippen LogP contribution in [0.3, 0.4) is 0 Å². The second-order valence-corrected chi connectivity index (χ2v) is 8.02. The van der Waals surface area contributed by atoms with Gasteiger partial charge in [-0.25, -0.2) is 14.4 Å². The Morgan fingerprint density at radius 3 is 2.28 bits per heavy atom. The Morgan fingerprint density at radius 2 is 1.59 bits per heavy atom. The molecule has 0 spiro atoms. The van der Waals surface area contributed by atoms with Crippen molar-refractivity contribution in [3.63, 3.8) is 0 Å². The molecule has 1 unspecified atom stereocenters. The predicted molar refractivity (Wildman–Crippen MR) is 123 cm³/mol. The van der Waals surface area contributed by atoms with E-state index in [9.17, 15) is 4.39 Å². The molecule has 1 aromatic heterocycles. The summed E-state index contributed by atoms with van der Waals surface area (Å²) in [7, 11) is 0. The molecule has 0 saturated carbocycles. The van der Waals surface area contributed by atoms with E-state index in [0.717, 1.165) is 49.1 Å². The normalized spacial score (nSPS) is 12.5. The third-order valence-corrected chi connectivity index (χ3v) is 5.23. The summed E-state index contributed by atoms with van der Waals surface area (Å²) in [5, 5.41) is 0. The van der Waals surface area contributed by atoms with Crippen LogP contribution in [0.1, 0.15) is 89.2 Å². The summed E-state index contributed by atoms with van der Waals surface area (Å²) in [6, 6.07) is 8.44. The van der Waals surface area contributed by atoms with Gasteiger partial charge in [0.25, 0.3) is 0 Å². The fourth-order valence-corrected chi connectivity index (χ4v) is 3.39. The SMILES string of the molecule is CCCCCCC/C=C/c1ccc(-c2ncc(CCCCCC(C)F)cn2)cc1. The van der Waals surface area contributed by atoms with Gasteiger partial charge in [0.05, 0.1) is 6.17 Å². The number of hydrogen-bond acceptors (Lipinski definition) is 2. The van der Waals surface area contributed by atoms with Gasteiger partial charge in [-0.05, 0) is 50.2 Å². The summed E-state index contributed by atoms with van der Waals surface area (Å²) in [6.07, 6.45) is 20.1. The molecule has 1 aromatic carbocycles. The first kappa shape index (κ1) is 23.3. The highest BCUT2D eigenvalue weighted by Crippen LogP contribution is 2.17. The first-order valence-corrected chi connectivity index (χ1v) is 11.4. The van der Waals surface area contributed by atoms with Crippen LogP contribution in [-0.2, 0) is 6.42 Å². The summed E-state index contributed by atoms with van der Waals surface area (Å²) in [4.78, 5) is 9.06. The lowest BCUT2D eigenvalue weighted by molar-refractivity contribution is 0.330. The molecule has 2 rings (SSSR count). The molecule has 0 aliphatic heterocycles. The number of allylic oxidation sites excluding steroid dienone is 1. The Labute approximate surface area is 176 Å². The molecule has 1 heterocycles. The van der Waals surface area contributed by atoms with Crippen molar-refractivity contribution in [3.05, 3.63) is 53.9 Å². The molecular weight excluding hydrogens is 359 g/mol.